The van der Waals surface area contributed by atoms with Crippen LogP contribution in [0.15, 0.2) is 42.5 Å². The average molecular weight is 374 g/mol. The van der Waals surface area contributed by atoms with E-state index >= 15 is 0 Å². The number of halogens is 1. The highest BCUT2D eigenvalue weighted by molar-refractivity contribution is 5.43. The maximum atomic E-state index is 13.1. The number of piperazine rings is 1. The van der Waals surface area contributed by atoms with Crippen molar-refractivity contribution in [1.29, 1.82) is 0 Å². The summed E-state index contributed by atoms with van der Waals surface area (Å²) in [4.78, 5) is 4.61. The Morgan fingerprint density at radius 3 is 2.59 bits per heavy atom. The molecule has 0 unspecified atom stereocenters. The third kappa shape index (κ3) is 4.97. The molecule has 0 spiro atoms. The number of methoxy groups -OCH3 is 1. The zero-order valence-corrected chi connectivity index (χ0v) is 15.6. The summed E-state index contributed by atoms with van der Waals surface area (Å²) >= 11 is 0. The number of phenolic OH excluding ortho intramolecular Hbond substituents is 1. The molecule has 1 heterocycles. The number of phenols is 1. The molecule has 0 aromatic heterocycles. The SMILES string of the molecule is COc1cccc(O)c1CN1CCN(Cc2ccc(F)cc2)[C@@H](CCO)C1. The molecule has 1 saturated heterocycles. The van der Waals surface area contributed by atoms with Gasteiger partial charge in [0.25, 0.3) is 0 Å². The summed E-state index contributed by atoms with van der Waals surface area (Å²) in [5, 5.41) is 19.7. The molecule has 2 N–H and O–H groups in total. The fourth-order valence-electron chi connectivity index (χ4n) is 3.68. The molecule has 146 valence electrons. The molecule has 0 aliphatic carbocycles. The second-order valence-corrected chi connectivity index (χ2v) is 6.96. The Kier molecular flexibility index (Phi) is 6.66. The number of ether oxygens (including phenoxy) is 1. The van der Waals surface area contributed by atoms with Gasteiger partial charge in [-0.05, 0) is 36.2 Å². The number of aromatic hydroxyl groups is 1. The fraction of sp³-hybridized carbons (Fsp3) is 0.429. The van der Waals surface area contributed by atoms with Crippen LogP contribution >= 0.6 is 0 Å². The highest BCUT2D eigenvalue weighted by Crippen LogP contribution is 2.29. The molecule has 1 atom stereocenters. The topological polar surface area (TPSA) is 56.2 Å². The van der Waals surface area contributed by atoms with Crippen LogP contribution < -0.4 is 4.74 Å². The quantitative estimate of drug-likeness (QED) is 0.780. The molecule has 2 aromatic rings. The first-order valence-electron chi connectivity index (χ1n) is 9.27. The highest BCUT2D eigenvalue weighted by atomic mass is 19.1. The minimum atomic E-state index is -0.230. The van der Waals surface area contributed by atoms with Crippen LogP contribution in [0.1, 0.15) is 17.5 Å². The Morgan fingerprint density at radius 2 is 1.89 bits per heavy atom. The molecule has 27 heavy (non-hydrogen) atoms. The van der Waals surface area contributed by atoms with Gasteiger partial charge in [0.1, 0.15) is 17.3 Å². The molecule has 0 radical (unpaired) electrons. The summed E-state index contributed by atoms with van der Waals surface area (Å²) in [5.74, 6) is 0.691. The first kappa shape index (κ1) is 19.6. The number of rotatable bonds is 7. The van der Waals surface area contributed by atoms with E-state index < -0.39 is 0 Å². The second kappa shape index (κ2) is 9.17. The van der Waals surface area contributed by atoms with Crippen molar-refractivity contribution in [3.05, 3.63) is 59.4 Å². The largest absolute Gasteiger partial charge is 0.507 e. The lowest BCUT2D eigenvalue weighted by atomic mass is 10.1. The van der Waals surface area contributed by atoms with E-state index in [-0.39, 0.29) is 24.2 Å². The Bertz CT molecular complexity index is 739. The summed E-state index contributed by atoms with van der Waals surface area (Å²) < 4.78 is 18.5. The Labute approximate surface area is 159 Å². The summed E-state index contributed by atoms with van der Waals surface area (Å²) in [6.07, 6.45) is 0.676. The zero-order valence-electron chi connectivity index (χ0n) is 15.6. The lowest BCUT2D eigenvalue weighted by Gasteiger charge is -2.41. The number of nitrogens with zero attached hydrogens (tertiary/aromatic N) is 2. The van der Waals surface area contributed by atoms with Crippen LogP contribution in [0.4, 0.5) is 4.39 Å². The van der Waals surface area contributed by atoms with E-state index in [1.54, 1.807) is 19.2 Å². The first-order chi connectivity index (χ1) is 13.1. The van der Waals surface area contributed by atoms with E-state index in [9.17, 15) is 14.6 Å². The van der Waals surface area contributed by atoms with Gasteiger partial charge in [-0.15, -0.1) is 0 Å². The van der Waals surface area contributed by atoms with Gasteiger partial charge in [-0.25, -0.2) is 4.39 Å². The molecule has 1 aliphatic rings. The van der Waals surface area contributed by atoms with E-state index in [1.807, 2.05) is 18.2 Å². The molecule has 0 saturated carbocycles. The van der Waals surface area contributed by atoms with Gasteiger partial charge in [0.2, 0.25) is 0 Å². The Morgan fingerprint density at radius 1 is 1.11 bits per heavy atom. The van der Waals surface area contributed by atoms with E-state index in [0.29, 0.717) is 18.7 Å². The molecule has 1 fully saturated rings. The van der Waals surface area contributed by atoms with Gasteiger partial charge in [0.15, 0.2) is 0 Å². The molecule has 6 heteroatoms. The van der Waals surface area contributed by atoms with Crippen molar-refractivity contribution in [3.63, 3.8) is 0 Å². The van der Waals surface area contributed by atoms with Crippen molar-refractivity contribution in [1.82, 2.24) is 9.80 Å². The molecular formula is C21H27FN2O3. The lowest BCUT2D eigenvalue weighted by Crippen LogP contribution is -2.52. The zero-order chi connectivity index (χ0) is 19.2. The normalized spacial score (nSPS) is 18.6. The molecule has 1 aliphatic heterocycles. The highest BCUT2D eigenvalue weighted by Gasteiger charge is 2.27. The van der Waals surface area contributed by atoms with Crippen LogP contribution in [-0.4, -0.2) is 59.4 Å². The standard InChI is InChI=1S/C21H27FN2O3/c1-27-21-4-2-3-20(26)19(21)15-23-10-11-24(18(14-23)9-12-25)13-16-5-7-17(22)8-6-16/h2-8,18,25-26H,9-15H2,1H3/t18-/m0/s1. The smallest absolute Gasteiger partial charge is 0.127 e. The summed E-state index contributed by atoms with van der Waals surface area (Å²) in [6, 6.07) is 12.1. The van der Waals surface area contributed by atoms with Gasteiger partial charge in [-0.3, -0.25) is 9.80 Å². The molecular weight excluding hydrogens is 347 g/mol. The number of hydrogen-bond acceptors (Lipinski definition) is 5. The van der Waals surface area contributed by atoms with Crippen LogP contribution in [-0.2, 0) is 13.1 Å². The van der Waals surface area contributed by atoms with Crippen molar-refractivity contribution in [2.75, 3.05) is 33.4 Å². The van der Waals surface area contributed by atoms with Crippen LogP contribution in [0.5, 0.6) is 11.5 Å². The molecule has 0 bridgehead atoms. The second-order valence-electron chi connectivity index (χ2n) is 6.96. The summed E-state index contributed by atoms with van der Waals surface area (Å²) in [5.41, 5.74) is 1.85. The van der Waals surface area contributed by atoms with E-state index in [4.69, 9.17) is 4.74 Å². The molecule has 5 nitrogen and oxygen atoms in total. The number of aliphatic hydroxyl groups excluding tert-OH is 1. The van der Waals surface area contributed by atoms with Crippen molar-refractivity contribution in [3.8, 4) is 11.5 Å². The third-order valence-corrected chi connectivity index (χ3v) is 5.16. The summed E-state index contributed by atoms with van der Waals surface area (Å²) in [6.45, 7) is 3.94. The van der Waals surface area contributed by atoms with Crippen molar-refractivity contribution in [2.24, 2.45) is 0 Å². The van der Waals surface area contributed by atoms with Crippen LogP contribution in [0.25, 0.3) is 0 Å². The van der Waals surface area contributed by atoms with Gasteiger partial charge >= 0.3 is 0 Å². The fourth-order valence-corrected chi connectivity index (χ4v) is 3.68. The Balaban J connectivity index is 1.68. The maximum absolute atomic E-state index is 13.1. The number of hydrogen-bond donors (Lipinski definition) is 2. The van der Waals surface area contributed by atoms with Gasteiger partial charge in [-0.2, -0.15) is 0 Å². The molecule has 3 rings (SSSR count). The van der Waals surface area contributed by atoms with Crippen molar-refractivity contribution < 1.29 is 19.3 Å². The number of benzene rings is 2. The minimum absolute atomic E-state index is 0.123. The summed E-state index contributed by atoms with van der Waals surface area (Å²) in [7, 11) is 1.60. The van der Waals surface area contributed by atoms with E-state index in [0.717, 1.165) is 37.3 Å². The van der Waals surface area contributed by atoms with E-state index in [2.05, 4.69) is 9.80 Å². The van der Waals surface area contributed by atoms with E-state index in [1.165, 1.54) is 12.1 Å². The first-order valence-corrected chi connectivity index (χ1v) is 9.27. The molecule has 0 amide bonds. The van der Waals surface area contributed by atoms with Gasteiger partial charge < -0.3 is 14.9 Å². The van der Waals surface area contributed by atoms with Gasteiger partial charge in [0, 0.05) is 50.9 Å². The monoisotopic (exact) mass is 374 g/mol. The predicted octanol–water partition coefficient (Wildman–Crippen LogP) is 2.61. The predicted molar refractivity (Wildman–Crippen MR) is 102 cm³/mol. The van der Waals surface area contributed by atoms with Crippen LogP contribution in [0.2, 0.25) is 0 Å². The minimum Gasteiger partial charge on any atom is -0.507 e. The molecule has 2 aromatic carbocycles. The number of aliphatic hydroxyl groups is 1. The van der Waals surface area contributed by atoms with Crippen molar-refractivity contribution >= 4 is 0 Å². The maximum Gasteiger partial charge on any atom is 0.127 e. The van der Waals surface area contributed by atoms with Gasteiger partial charge in [0.05, 0.1) is 7.11 Å². The third-order valence-electron chi connectivity index (χ3n) is 5.16. The van der Waals surface area contributed by atoms with Crippen LogP contribution in [0.3, 0.4) is 0 Å². The van der Waals surface area contributed by atoms with Crippen LogP contribution in [0, 0.1) is 5.82 Å². The van der Waals surface area contributed by atoms with Crippen molar-refractivity contribution in [2.45, 2.75) is 25.6 Å². The average Bonchev–Trinajstić information content (AvgIpc) is 2.67. The Hall–Kier alpha value is -2.15. The van der Waals surface area contributed by atoms with Gasteiger partial charge in [-0.1, -0.05) is 18.2 Å². The lowest BCUT2D eigenvalue weighted by molar-refractivity contribution is 0.0492.